The summed E-state index contributed by atoms with van der Waals surface area (Å²) in [6.07, 6.45) is -18.0. The van der Waals surface area contributed by atoms with E-state index in [2.05, 4.69) is 9.50 Å². The van der Waals surface area contributed by atoms with Gasteiger partial charge in [0.05, 0.1) is 6.61 Å². The molecular weight excluding hydrogens is 477 g/mol. The molecule has 32 heavy (non-hydrogen) atoms. The molecule has 0 aromatic rings. The zero-order chi connectivity index (χ0) is 23.7. The molecule has 18 heteroatoms. The van der Waals surface area contributed by atoms with Crippen LogP contribution in [0.3, 0.4) is 0 Å². The predicted molar refractivity (Wildman–Crippen MR) is 89.3 cm³/mol. The number of aliphatic hydroxyl groups is 5. The maximum absolute atomic E-state index is 11.5. The van der Waals surface area contributed by atoms with Crippen LogP contribution < -0.4 is 34.9 Å². The van der Waals surface area contributed by atoms with Crippen LogP contribution in [0.2, 0.25) is 0 Å². The smallest absolute Gasteiger partial charge is 0.726 e. The SMILES string of the molecule is CC(=O)N[C@@H]1[C@@H](O[C@H]2OC(C(=O)O)[C@H](O)[C@@H](O)[C@@H]2O)[C@@H](OS(=O)(=O)[O-])[C@@H](CO)O[C@H]1O.[Na+]. The number of ether oxygens (including phenoxy) is 3. The van der Waals surface area contributed by atoms with Crippen LogP contribution >= 0.6 is 0 Å². The van der Waals surface area contributed by atoms with E-state index in [1.165, 1.54) is 0 Å². The molecular formula is C14H22NNaO15S. The Morgan fingerprint density at radius 1 is 1.06 bits per heavy atom. The zero-order valence-electron chi connectivity index (χ0n) is 16.7. The first kappa shape index (κ1) is 29.5. The number of carboxylic acids is 1. The Morgan fingerprint density at radius 2 is 1.66 bits per heavy atom. The van der Waals surface area contributed by atoms with E-state index in [9.17, 15) is 48.1 Å². The summed E-state index contributed by atoms with van der Waals surface area (Å²) in [5.41, 5.74) is 0. The third-order valence-corrected chi connectivity index (χ3v) is 5.01. The molecule has 0 aromatic heterocycles. The van der Waals surface area contributed by atoms with Crippen molar-refractivity contribution in [3.63, 3.8) is 0 Å². The summed E-state index contributed by atoms with van der Waals surface area (Å²) in [7, 11) is -5.47. The molecule has 2 rings (SSSR count). The quantitative estimate of drug-likeness (QED) is 0.0974. The van der Waals surface area contributed by atoms with Crippen molar-refractivity contribution in [2.75, 3.05) is 6.61 Å². The van der Waals surface area contributed by atoms with Crippen LogP contribution in [-0.4, -0.2) is 123 Å². The van der Waals surface area contributed by atoms with E-state index in [1.54, 1.807) is 0 Å². The molecule has 0 saturated carbocycles. The summed E-state index contributed by atoms with van der Waals surface area (Å²) >= 11 is 0. The van der Waals surface area contributed by atoms with Crippen molar-refractivity contribution in [2.45, 2.75) is 68.3 Å². The van der Waals surface area contributed by atoms with Crippen molar-refractivity contribution in [2.24, 2.45) is 0 Å². The van der Waals surface area contributed by atoms with Crippen molar-refractivity contribution < 1.29 is 101 Å². The predicted octanol–water partition coefficient (Wildman–Crippen LogP) is -8.67. The van der Waals surface area contributed by atoms with Gasteiger partial charge >= 0.3 is 35.5 Å². The van der Waals surface area contributed by atoms with Gasteiger partial charge in [-0.15, -0.1) is 0 Å². The fourth-order valence-corrected chi connectivity index (χ4v) is 3.69. The second-order valence-electron chi connectivity index (χ2n) is 6.78. The van der Waals surface area contributed by atoms with Gasteiger partial charge in [-0.1, -0.05) is 0 Å². The van der Waals surface area contributed by atoms with Crippen LogP contribution in [0.15, 0.2) is 0 Å². The molecule has 1 unspecified atom stereocenters. The summed E-state index contributed by atoms with van der Waals surface area (Å²) in [4.78, 5) is 22.7. The second kappa shape index (κ2) is 11.8. The minimum atomic E-state index is -5.47. The Labute approximate surface area is 203 Å². The molecule has 7 N–H and O–H groups in total. The van der Waals surface area contributed by atoms with E-state index in [1.807, 2.05) is 0 Å². The standard InChI is InChI=1S/C14H23NO15S.Na/c1-3(17)15-5-10(9(30-31(24,25)26)4(2-16)27-13(5)23)28-14-8(20)6(18)7(19)11(29-14)12(21)22;/h4-11,13-14,16,18-20,23H,2H2,1H3,(H,15,17)(H,21,22)(H,24,25,26);/q;+1/p-1/t4-,5-,6-,7-,8+,9+,10-,11?,13-,14+;/m1./s1. The summed E-state index contributed by atoms with van der Waals surface area (Å²) in [6.45, 7) is -0.00823. The summed E-state index contributed by atoms with van der Waals surface area (Å²) in [6, 6.07) is -1.67. The van der Waals surface area contributed by atoms with Crippen LogP contribution in [0.1, 0.15) is 6.92 Å². The number of rotatable bonds is 7. The van der Waals surface area contributed by atoms with E-state index >= 15 is 0 Å². The molecule has 16 nitrogen and oxygen atoms in total. The number of carbonyl (C=O) groups is 2. The summed E-state index contributed by atoms with van der Waals surface area (Å²) in [5.74, 6) is -2.54. The number of aliphatic hydroxyl groups excluding tert-OH is 5. The van der Waals surface area contributed by atoms with Gasteiger partial charge in [0.2, 0.25) is 16.3 Å². The minimum absolute atomic E-state index is 0. The van der Waals surface area contributed by atoms with Gasteiger partial charge in [-0.2, -0.15) is 0 Å². The van der Waals surface area contributed by atoms with Crippen molar-refractivity contribution >= 4 is 22.3 Å². The van der Waals surface area contributed by atoms with Gasteiger partial charge in [-0.05, 0) is 0 Å². The molecule has 0 aliphatic carbocycles. The van der Waals surface area contributed by atoms with Crippen LogP contribution in [0, 0.1) is 0 Å². The average molecular weight is 499 g/mol. The molecule has 1 amide bonds. The minimum Gasteiger partial charge on any atom is -0.726 e. The molecule has 10 atom stereocenters. The number of hydrogen-bond donors (Lipinski definition) is 7. The Morgan fingerprint density at radius 3 is 2.12 bits per heavy atom. The Balaban J connectivity index is 0.00000512. The Hall–Kier alpha value is -0.510. The van der Waals surface area contributed by atoms with Crippen molar-refractivity contribution in [3.8, 4) is 0 Å². The number of amides is 1. The fourth-order valence-electron chi connectivity index (χ4n) is 3.19. The molecule has 0 radical (unpaired) electrons. The van der Waals surface area contributed by atoms with Crippen LogP contribution in [-0.2, 0) is 38.4 Å². The van der Waals surface area contributed by atoms with Gasteiger partial charge in [0.15, 0.2) is 18.7 Å². The van der Waals surface area contributed by atoms with Gasteiger partial charge in [0.1, 0.15) is 42.7 Å². The second-order valence-corrected chi connectivity index (χ2v) is 7.79. The van der Waals surface area contributed by atoms with Gasteiger partial charge < -0.3 is 54.7 Å². The van der Waals surface area contributed by atoms with E-state index in [4.69, 9.17) is 19.3 Å². The molecule has 0 bridgehead atoms. The van der Waals surface area contributed by atoms with E-state index < -0.39 is 90.2 Å². The maximum atomic E-state index is 11.5. The molecule has 2 heterocycles. The van der Waals surface area contributed by atoms with Crippen molar-refractivity contribution in [3.05, 3.63) is 0 Å². The molecule has 0 spiro atoms. The largest absolute Gasteiger partial charge is 1.00 e. The van der Waals surface area contributed by atoms with Gasteiger partial charge in [0.25, 0.3) is 0 Å². The summed E-state index contributed by atoms with van der Waals surface area (Å²) in [5, 5.41) is 60.5. The van der Waals surface area contributed by atoms with Gasteiger partial charge in [-0.3, -0.25) is 8.98 Å². The average Bonchev–Trinajstić information content (AvgIpc) is 2.64. The fraction of sp³-hybridized carbons (Fsp3) is 0.857. The number of carbonyl (C=O) groups excluding carboxylic acids is 1. The Bertz CT molecular complexity index is 767. The van der Waals surface area contributed by atoms with Crippen LogP contribution in [0.5, 0.6) is 0 Å². The van der Waals surface area contributed by atoms with Crippen molar-refractivity contribution in [1.29, 1.82) is 0 Å². The van der Waals surface area contributed by atoms with E-state index in [-0.39, 0.29) is 29.6 Å². The Kier molecular flexibility index (Phi) is 10.8. The first-order chi connectivity index (χ1) is 14.3. The maximum Gasteiger partial charge on any atom is 1.00 e. The number of hydrogen-bond acceptors (Lipinski definition) is 14. The van der Waals surface area contributed by atoms with Gasteiger partial charge in [-0.25, -0.2) is 13.2 Å². The first-order valence-corrected chi connectivity index (χ1v) is 10.0. The monoisotopic (exact) mass is 499 g/mol. The van der Waals surface area contributed by atoms with Crippen molar-refractivity contribution in [1.82, 2.24) is 5.32 Å². The zero-order valence-corrected chi connectivity index (χ0v) is 19.6. The number of carboxylic acid groups (broad SMARTS) is 1. The topological polar surface area (TPSA) is 262 Å². The molecule has 2 aliphatic rings. The first-order valence-electron chi connectivity index (χ1n) is 8.70. The molecule has 0 aromatic carbocycles. The van der Waals surface area contributed by atoms with Gasteiger partial charge in [0, 0.05) is 6.92 Å². The number of aliphatic carboxylic acids is 1. The third-order valence-electron chi connectivity index (χ3n) is 4.55. The molecule has 2 saturated heterocycles. The van der Waals surface area contributed by atoms with Crippen LogP contribution in [0.4, 0.5) is 0 Å². The third kappa shape index (κ3) is 7.00. The van der Waals surface area contributed by atoms with E-state index in [0.717, 1.165) is 6.92 Å². The summed E-state index contributed by atoms with van der Waals surface area (Å²) < 4.78 is 53.0. The molecule has 180 valence electrons. The van der Waals surface area contributed by atoms with E-state index in [0.29, 0.717) is 0 Å². The number of nitrogens with one attached hydrogen (secondary N) is 1. The molecule has 2 fully saturated rings. The normalized spacial score (nSPS) is 40.2. The van der Waals surface area contributed by atoms with Crippen LogP contribution in [0.25, 0.3) is 0 Å². The molecule has 2 aliphatic heterocycles.